The molecule has 0 N–H and O–H groups in total. The van der Waals surface area contributed by atoms with E-state index in [0.29, 0.717) is 10.5 Å². The summed E-state index contributed by atoms with van der Waals surface area (Å²) < 4.78 is 25.7. The fourth-order valence-corrected chi connectivity index (χ4v) is 3.53. The molecule has 2 rings (SSSR count). The molecule has 2 aromatic rings. The molecule has 0 bridgehead atoms. The Labute approximate surface area is 111 Å². The highest BCUT2D eigenvalue weighted by Crippen LogP contribution is 2.30. The summed E-state index contributed by atoms with van der Waals surface area (Å²) in [5, 5.41) is 2.64. The van der Waals surface area contributed by atoms with E-state index in [9.17, 15) is 8.42 Å². The van der Waals surface area contributed by atoms with Crippen molar-refractivity contribution in [3.63, 3.8) is 0 Å². The third-order valence-electron chi connectivity index (χ3n) is 2.50. The maximum absolute atomic E-state index is 12.2. The van der Waals surface area contributed by atoms with Crippen molar-refractivity contribution >= 4 is 21.4 Å². The van der Waals surface area contributed by atoms with Crippen molar-refractivity contribution in [2.45, 2.75) is 11.8 Å². The minimum atomic E-state index is -3.45. The molecular weight excluding hydrogens is 268 g/mol. The number of aryl methyl sites for hydroxylation is 1. The molecule has 0 atom stereocenters. The second-order valence-electron chi connectivity index (χ2n) is 4.08. The Morgan fingerprint density at radius 3 is 2.44 bits per heavy atom. The average Bonchev–Trinajstić information content (AvgIpc) is 2.75. The Morgan fingerprint density at radius 2 is 1.89 bits per heavy atom. The van der Waals surface area contributed by atoms with E-state index in [1.807, 2.05) is 18.4 Å². The highest BCUT2D eigenvalue weighted by Gasteiger charge is 2.22. The van der Waals surface area contributed by atoms with Gasteiger partial charge >= 0.3 is 0 Å². The fourth-order valence-electron chi connectivity index (χ4n) is 1.54. The van der Waals surface area contributed by atoms with E-state index in [-0.39, 0.29) is 0 Å². The fraction of sp³-hybridized carbons (Fsp3) is 0.250. The van der Waals surface area contributed by atoms with Gasteiger partial charge in [-0.3, -0.25) is 0 Å². The second-order valence-corrected chi connectivity index (χ2v) is 7.06. The predicted molar refractivity (Wildman–Crippen MR) is 73.2 cm³/mol. The van der Waals surface area contributed by atoms with Gasteiger partial charge in [-0.25, -0.2) is 17.7 Å². The third kappa shape index (κ3) is 2.31. The second kappa shape index (κ2) is 4.79. The van der Waals surface area contributed by atoms with E-state index in [4.69, 9.17) is 0 Å². The summed E-state index contributed by atoms with van der Waals surface area (Å²) in [7, 11) is -0.392. The molecule has 1 aromatic carbocycles. The predicted octanol–water partition coefficient (Wildman–Crippen LogP) is 2.37. The molecule has 1 heterocycles. The molecule has 0 saturated heterocycles. The number of benzene rings is 1. The largest absolute Gasteiger partial charge is 0.243 e. The molecule has 0 aliphatic rings. The number of sulfonamides is 1. The molecule has 0 radical (unpaired) electrons. The minimum Gasteiger partial charge on any atom is -0.241 e. The van der Waals surface area contributed by atoms with Crippen LogP contribution in [0.5, 0.6) is 0 Å². The van der Waals surface area contributed by atoms with E-state index in [1.165, 1.54) is 29.7 Å². The van der Waals surface area contributed by atoms with Crippen molar-refractivity contribution in [1.29, 1.82) is 0 Å². The zero-order chi connectivity index (χ0) is 13.3. The van der Waals surface area contributed by atoms with Crippen LogP contribution in [-0.2, 0) is 10.0 Å². The summed E-state index contributed by atoms with van der Waals surface area (Å²) in [4.78, 5) is 4.65. The summed E-state index contributed by atoms with van der Waals surface area (Å²) in [5.74, 6) is 0. The van der Waals surface area contributed by atoms with Gasteiger partial charge in [0.25, 0.3) is 0 Å². The first-order valence-corrected chi connectivity index (χ1v) is 7.69. The Morgan fingerprint density at radius 1 is 1.22 bits per heavy atom. The molecule has 96 valence electrons. The Bertz CT molecular complexity index is 660. The summed E-state index contributed by atoms with van der Waals surface area (Å²) in [6, 6.07) is 6.94. The molecule has 0 spiro atoms. The number of rotatable bonds is 3. The molecule has 1 aromatic heterocycles. The number of aromatic nitrogens is 1. The normalized spacial score (nSPS) is 12.0. The van der Waals surface area contributed by atoms with Crippen LogP contribution in [0.1, 0.15) is 5.69 Å². The van der Waals surface area contributed by atoms with Crippen LogP contribution in [0.15, 0.2) is 34.5 Å². The first-order chi connectivity index (χ1) is 8.43. The number of nitrogens with zero attached hydrogens (tertiary/aromatic N) is 2. The molecule has 0 unspecified atom stereocenters. The summed E-state index contributed by atoms with van der Waals surface area (Å²) >= 11 is 1.45. The molecule has 0 fully saturated rings. The van der Waals surface area contributed by atoms with Gasteiger partial charge in [-0.15, -0.1) is 11.3 Å². The first-order valence-electron chi connectivity index (χ1n) is 5.37. The molecule has 0 saturated carbocycles. The zero-order valence-corrected chi connectivity index (χ0v) is 12.0. The zero-order valence-electron chi connectivity index (χ0n) is 10.4. The topological polar surface area (TPSA) is 50.3 Å². The molecule has 6 heteroatoms. The van der Waals surface area contributed by atoms with Gasteiger partial charge in [0.05, 0.1) is 4.90 Å². The van der Waals surface area contributed by atoms with E-state index in [0.717, 1.165) is 10.7 Å². The van der Waals surface area contributed by atoms with Gasteiger partial charge in [-0.05, 0) is 13.0 Å². The van der Waals surface area contributed by atoms with Gasteiger partial charge in [0.1, 0.15) is 5.01 Å². The van der Waals surface area contributed by atoms with Crippen molar-refractivity contribution < 1.29 is 8.42 Å². The van der Waals surface area contributed by atoms with E-state index in [2.05, 4.69) is 4.98 Å². The monoisotopic (exact) mass is 282 g/mol. The quantitative estimate of drug-likeness (QED) is 0.868. The Balaban J connectivity index is 2.64. The van der Waals surface area contributed by atoms with Crippen LogP contribution in [0.3, 0.4) is 0 Å². The van der Waals surface area contributed by atoms with Crippen LogP contribution >= 0.6 is 11.3 Å². The van der Waals surface area contributed by atoms with Crippen LogP contribution in [0.2, 0.25) is 0 Å². The molecule has 0 aliphatic carbocycles. The van der Waals surface area contributed by atoms with E-state index in [1.54, 1.807) is 18.2 Å². The lowest BCUT2D eigenvalue weighted by atomic mass is 10.2. The standard InChI is InChI=1S/C12H14N2O2S2/c1-9-8-17-12(13-9)10-6-4-5-7-11(10)18(15,16)14(2)3/h4-8H,1-3H3. The highest BCUT2D eigenvalue weighted by molar-refractivity contribution is 7.89. The number of thiazole rings is 1. The SMILES string of the molecule is Cc1csc(-c2ccccc2S(=O)(=O)N(C)C)n1. The van der Waals surface area contributed by atoms with Crippen LogP contribution in [-0.4, -0.2) is 31.8 Å². The van der Waals surface area contributed by atoms with Gasteiger partial charge in [0, 0.05) is 30.7 Å². The number of hydrogen-bond donors (Lipinski definition) is 0. The smallest absolute Gasteiger partial charge is 0.241 e. The molecule has 0 aliphatic heterocycles. The van der Waals surface area contributed by atoms with Gasteiger partial charge in [0.15, 0.2) is 0 Å². The highest BCUT2D eigenvalue weighted by atomic mass is 32.2. The average molecular weight is 282 g/mol. The van der Waals surface area contributed by atoms with Crippen molar-refractivity contribution in [3.05, 3.63) is 35.3 Å². The van der Waals surface area contributed by atoms with Crippen LogP contribution in [0.25, 0.3) is 10.6 Å². The van der Waals surface area contributed by atoms with Crippen molar-refractivity contribution in [1.82, 2.24) is 9.29 Å². The number of hydrogen-bond acceptors (Lipinski definition) is 4. The maximum atomic E-state index is 12.2. The van der Waals surface area contributed by atoms with Crippen molar-refractivity contribution in [2.24, 2.45) is 0 Å². The lowest BCUT2D eigenvalue weighted by Gasteiger charge is -2.13. The summed E-state index contributed by atoms with van der Waals surface area (Å²) in [5.41, 5.74) is 1.55. The van der Waals surface area contributed by atoms with Crippen LogP contribution in [0.4, 0.5) is 0 Å². The molecule has 18 heavy (non-hydrogen) atoms. The van der Waals surface area contributed by atoms with Crippen LogP contribution in [0, 0.1) is 6.92 Å². The maximum Gasteiger partial charge on any atom is 0.243 e. The van der Waals surface area contributed by atoms with Crippen LogP contribution < -0.4 is 0 Å². The lowest BCUT2D eigenvalue weighted by Crippen LogP contribution is -2.22. The summed E-state index contributed by atoms with van der Waals surface area (Å²) in [6.07, 6.45) is 0. The van der Waals surface area contributed by atoms with E-state index >= 15 is 0 Å². The van der Waals surface area contributed by atoms with Gasteiger partial charge in [-0.2, -0.15) is 0 Å². The van der Waals surface area contributed by atoms with Gasteiger partial charge in [0.2, 0.25) is 10.0 Å². The molecule has 4 nitrogen and oxygen atoms in total. The molecular formula is C12H14N2O2S2. The summed E-state index contributed by atoms with van der Waals surface area (Å²) in [6.45, 7) is 1.89. The first kappa shape index (κ1) is 13.2. The third-order valence-corrected chi connectivity index (χ3v) is 5.36. The lowest BCUT2D eigenvalue weighted by molar-refractivity contribution is 0.521. The van der Waals surface area contributed by atoms with Crippen molar-refractivity contribution in [3.8, 4) is 10.6 Å². The van der Waals surface area contributed by atoms with Gasteiger partial charge in [-0.1, -0.05) is 18.2 Å². The Hall–Kier alpha value is -1.24. The van der Waals surface area contributed by atoms with Crippen molar-refractivity contribution in [2.75, 3.05) is 14.1 Å². The molecule has 0 amide bonds. The Kier molecular flexibility index (Phi) is 3.52. The van der Waals surface area contributed by atoms with E-state index < -0.39 is 10.0 Å². The minimum absolute atomic E-state index is 0.296. The van der Waals surface area contributed by atoms with Gasteiger partial charge < -0.3 is 0 Å².